The summed E-state index contributed by atoms with van der Waals surface area (Å²) >= 11 is 0. The molecule has 0 fully saturated rings. The van der Waals surface area contributed by atoms with Gasteiger partial charge in [0, 0.05) is 25.7 Å². The molecule has 0 aliphatic heterocycles. The van der Waals surface area contributed by atoms with Gasteiger partial charge in [-0.15, -0.1) is 0 Å². The Morgan fingerprint density at radius 3 is 0.885 bits per heavy atom. The molecule has 5 atom stereocenters. The molecule has 0 aromatic heterocycles. The summed E-state index contributed by atoms with van der Waals surface area (Å²) in [6, 6.07) is 0. The van der Waals surface area contributed by atoms with Crippen LogP contribution in [0.1, 0.15) is 310 Å². The molecule has 0 saturated heterocycles. The lowest BCUT2D eigenvalue weighted by Crippen LogP contribution is -2.30. The van der Waals surface area contributed by atoms with E-state index in [1.165, 1.54) is 51.4 Å². The van der Waals surface area contributed by atoms with Gasteiger partial charge in [-0.3, -0.25) is 37.3 Å². The number of phosphoric acid groups is 2. The van der Waals surface area contributed by atoms with Crippen LogP contribution >= 0.6 is 15.6 Å². The van der Waals surface area contributed by atoms with Crippen molar-refractivity contribution in [3.8, 4) is 0 Å². The highest BCUT2D eigenvalue weighted by Gasteiger charge is 2.30. The molecule has 0 bridgehead atoms. The molecule has 0 radical (unpaired) electrons. The van der Waals surface area contributed by atoms with Gasteiger partial charge >= 0.3 is 39.5 Å². The molecule has 0 spiro atoms. The smallest absolute Gasteiger partial charge is 0.462 e. The molecule has 5 unspecified atom stereocenters. The zero-order chi connectivity index (χ0) is 70.4. The normalized spacial score (nSPS) is 14.5. The molecule has 0 aromatic carbocycles. The van der Waals surface area contributed by atoms with E-state index in [-0.39, 0.29) is 25.7 Å². The Bertz CT molecular complexity index is 2200. The maximum atomic E-state index is 13.1. The summed E-state index contributed by atoms with van der Waals surface area (Å²) in [6.07, 6.45) is 71.1. The number of aliphatic hydroxyl groups excluding tert-OH is 1. The second kappa shape index (κ2) is 69.5. The molecule has 0 rings (SSSR count). The van der Waals surface area contributed by atoms with Gasteiger partial charge in [-0.2, -0.15) is 0 Å². The number of phosphoric ester groups is 2. The van der Waals surface area contributed by atoms with Crippen LogP contribution in [0.3, 0.4) is 0 Å². The number of allylic oxidation sites excluding steroid dienone is 16. The first-order chi connectivity index (χ1) is 46.7. The van der Waals surface area contributed by atoms with E-state index in [1.54, 1.807) is 0 Å². The summed E-state index contributed by atoms with van der Waals surface area (Å²) in [5, 5.41) is 10.6. The van der Waals surface area contributed by atoms with Gasteiger partial charge in [-0.25, -0.2) is 9.13 Å². The van der Waals surface area contributed by atoms with Crippen LogP contribution in [-0.2, 0) is 65.4 Å². The van der Waals surface area contributed by atoms with Crippen molar-refractivity contribution in [3.63, 3.8) is 0 Å². The molecule has 0 heterocycles. The summed E-state index contributed by atoms with van der Waals surface area (Å²) in [5.41, 5.74) is 0. The Balaban J connectivity index is 5.36. The minimum Gasteiger partial charge on any atom is -0.462 e. The molecule has 0 aliphatic carbocycles. The third kappa shape index (κ3) is 68.5. The molecule has 19 heteroatoms. The molecular formula is C77H134O17P2. The van der Waals surface area contributed by atoms with E-state index in [0.717, 1.165) is 180 Å². The largest absolute Gasteiger partial charge is 0.472 e. The van der Waals surface area contributed by atoms with Crippen molar-refractivity contribution >= 4 is 39.5 Å². The minimum absolute atomic E-state index is 0.0788. The van der Waals surface area contributed by atoms with Crippen LogP contribution < -0.4 is 0 Å². The predicted molar refractivity (Wildman–Crippen MR) is 390 cm³/mol. The van der Waals surface area contributed by atoms with Crippen molar-refractivity contribution in [2.75, 3.05) is 39.6 Å². The fourth-order valence-electron chi connectivity index (χ4n) is 9.77. The minimum atomic E-state index is -4.98. The highest BCUT2D eigenvalue weighted by Crippen LogP contribution is 2.45. The van der Waals surface area contributed by atoms with Gasteiger partial charge in [0.05, 0.1) is 26.4 Å². The van der Waals surface area contributed by atoms with Gasteiger partial charge < -0.3 is 33.8 Å². The number of rotatable bonds is 70. The number of aliphatic hydroxyl groups is 1. The van der Waals surface area contributed by atoms with Crippen molar-refractivity contribution in [2.24, 2.45) is 0 Å². The fourth-order valence-corrected chi connectivity index (χ4v) is 11.3. The number of hydrogen-bond acceptors (Lipinski definition) is 15. The summed E-state index contributed by atoms with van der Waals surface area (Å²) in [6.45, 7) is 4.61. The van der Waals surface area contributed by atoms with E-state index in [2.05, 4.69) is 125 Å². The number of unbranched alkanes of at least 4 members (excludes halogenated alkanes) is 28. The third-order valence-corrected chi connectivity index (χ3v) is 17.4. The van der Waals surface area contributed by atoms with E-state index in [9.17, 15) is 43.2 Å². The topological polar surface area (TPSA) is 237 Å². The summed E-state index contributed by atoms with van der Waals surface area (Å²) in [5.74, 6) is -2.23. The SMILES string of the molecule is CC/C=C\C/C=C\C/C=C\C/C=C\CCCCCCC(=O)OCC(COP(=O)(O)OCC(O)COP(=O)(O)OCC(COC(=O)CCCCCCC/C=C\C/C=C\CCC)OC(=O)CCCCCCC/C=C\CCCCCC)OC(=O)CCCCCCC/C=C\CCCCCC. The Hall–Kier alpha value is -4.02. The number of hydrogen-bond donors (Lipinski definition) is 3. The van der Waals surface area contributed by atoms with E-state index in [4.69, 9.17) is 37.0 Å². The molecule has 0 saturated carbocycles. The Morgan fingerprint density at radius 1 is 0.302 bits per heavy atom. The van der Waals surface area contributed by atoms with Crippen LogP contribution in [0.5, 0.6) is 0 Å². The predicted octanol–water partition coefficient (Wildman–Crippen LogP) is 21.2. The van der Waals surface area contributed by atoms with Crippen LogP contribution in [0.25, 0.3) is 0 Å². The molecule has 0 aromatic rings. The van der Waals surface area contributed by atoms with Crippen LogP contribution in [0.15, 0.2) is 97.2 Å². The first-order valence-corrected chi connectivity index (χ1v) is 40.5. The van der Waals surface area contributed by atoms with Crippen molar-refractivity contribution in [1.82, 2.24) is 0 Å². The summed E-state index contributed by atoms with van der Waals surface area (Å²) in [4.78, 5) is 72.7. The molecule has 0 aliphatic rings. The van der Waals surface area contributed by atoms with E-state index < -0.39 is 97.5 Å². The Labute approximate surface area is 582 Å². The molecule has 0 amide bonds. The van der Waals surface area contributed by atoms with Crippen LogP contribution in [0.4, 0.5) is 0 Å². The first-order valence-electron chi connectivity index (χ1n) is 37.5. The number of carbonyl (C=O) groups excluding carboxylic acids is 4. The van der Waals surface area contributed by atoms with Gasteiger partial charge in [0.15, 0.2) is 12.2 Å². The second-order valence-electron chi connectivity index (χ2n) is 24.8. The highest BCUT2D eigenvalue weighted by atomic mass is 31.2. The highest BCUT2D eigenvalue weighted by molar-refractivity contribution is 7.47. The molecular weight excluding hydrogens is 1260 g/mol. The van der Waals surface area contributed by atoms with Crippen LogP contribution in [-0.4, -0.2) is 96.7 Å². The molecule has 96 heavy (non-hydrogen) atoms. The fraction of sp³-hybridized carbons (Fsp3) is 0.740. The second-order valence-corrected chi connectivity index (χ2v) is 27.8. The van der Waals surface area contributed by atoms with E-state index >= 15 is 0 Å². The zero-order valence-electron chi connectivity index (χ0n) is 60.3. The lowest BCUT2D eigenvalue weighted by atomic mass is 10.1. The zero-order valence-corrected chi connectivity index (χ0v) is 62.1. The molecule has 554 valence electrons. The standard InChI is InChI=1S/C77H134O17P2/c1-5-9-13-17-21-25-29-33-34-35-36-40-42-46-50-54-58-62-75(80)88-68-73(94-77(82)64-60-56-52-48-44-39-32-28-24-20-16-12-8-4)70-92-96(85,86)90-66-71(78)65-89-95(83,84)91-69-72(93-76(81)63-59-55-51-47-43-38-31-27-23-19-15-11-7-3)67-87-74(79)61-57-53-49-45-41-37-30-26-22-18-14-10-6-2/h9,13-14,18,21,25-28,30-34,36,40,71-73,78H,5-8,10-12,15-17,19-20,22-24,29,35,37-39,41-70H2,1-4H3,(H,83,84)(H,85,86)/b13-9-,18-14-,25-21-,30-26-,31-27-,32-28-,34-33-,40-36-. The van der Waals surface area contributed by atoms with Crippen LogP contribution in [0.2, 0.25) is 0 Å². The van der Waals surface area contributed by atoms with E-state index in [0.29, 0.717) is 25.7 Å². The van der Waals surface area contributed by atoms with Crippen molar-refractivity contribution in [1.29, 1.82) is 0 Å². The van der Waals surface area contributed by atoms with Gasteiger partial charge in [0.2, 0.25) is 0 Å². The lowest BCUT2D eigenvalue weighted by Gasteiger charge is -2.21. The first kappa shape index (κ1) is 92.0. The quantitative estimate of drug-likeness (QED) is 0.0169. The monoisotopic (exact) mass is 1390 g/mol. The maximum Gasteiger partial charge on any atom is 0.472 e. The van der Waals surface area contributed by atoms with Gasteiger partial charge in [0.25, 0.3) is 0 Å². The third-order valence-electron chi connectivity index (χ3n) is 15.5. The van der Waals surface area contributed by atoms with E-state index in [1.807, 2.05) is 0 Å². The average Bonchev–Trinajstić information content (AvgIpc) is 3.12. The van der Waals surface area contributed by atoms with Gasteiger partial charge in [-0.05, 0) is 141 Å². The average molecular weight is 1390 g/mol. The van der Waals surface area contributed by atoms with Crippen molar-refractivity contribution in [3.05, 3.63) is 97.2 Å². The Kier molecular flexibility index (Phi) is 66.6. The van der Waals surface area contributed by atoms with Crippen molar-refractivity contribution in [2.45, 2.75) is 329 Å². The van der Waals surface area contributed by atoms with Crippen molar-refractivity contribution < 1.29 is 80.2 Å². The molecule has 3 N–H and O–H groups in total. The lowest BCUT2D eigenvalue weighted by molar-refractivity contribution is -0.161. The summed E-state index contributed by atoms with van der Waals surface area (Å²) in [7, 11) is -9.95. The maximum absolute atomic E-state index is 13.1. The number of ether oxygens (including phenoxy) is 4. The van der Waals surface area contributed by atoms with Crippen LogP contribution in [0, 0.1) is 0 Å². The number of esters is 4. The summed E-state index contributed by atoms with van der Waals surface area (Å²) < 4.78 is 68.4. The number of carbonyl (C=O) groups is 4. The molecule has 17 nitrogen and oxygen atoms in total. The Morgan fingerprint density at radius 2 is 0.562 bits per heavy atom. The van der Waals surface area contributed by atoms with Gasteiger partial charge in [-0.1, -0.05) is 240 Å². The van der Waals surface area contributed by atoms with Gasteiger partial charge in [0.1, 0.15) is 19.3 Å².